The van der Waals surface area contributed by atoms with Gasteiger partial charge < -0.3 is 20.4 Å². The number of hydrogen-bond donors (Lipinski definition) is 2. The predicted molar refractivity (Wildman–Crippen MR) is 119 cm³/mol. The summed E-state index contributed by atoms with van der Waals surface area (Å²) in [5, 5.41) is 3.54. The molecule has 0 saturated carbocycles. The number of carbonyl (C=O) groups excluding carboxylic acids is 1. The third kappa shape index (κ3) is 3.26. The molecule has 0 bridgehead atoms. The van der Waals surface area contributed by atoms with Crippen molar-refractivity contribution in [3.05, 3.63) is 67.5 Å². The molecule has 0 aliphatic heterocycles. The van der Waals surface area contributed by atoms with E-state index in [1.807, 2.05) is 60.1 Å². The van der Waals surface area contributed by atoms with Crippen molar-refractivity contribution in [2.24, 2.45) is 7.05 Å². The van der Waals surface area contributed by atoms with Crippen LogP contribution >= 0.6 is 0 Å². The van der Waals surface area contributed by atoms with E-state index in [4.69, 9.17) is 10.5 Å². The molecule has 2 aromatic heterocycles. The number of methoxy groups -OCH3 is 1. The summed E-state index contributed by atoms with van der Waals surface area (Å²) < 4.78 is 7.42. The van der Waals surface area contributed by atoms with Crippen LogP contribution in [0, 0.1) is 0 Å². The van der Waals surface area contributed by atoms with Crippen molar-refractivity contribution in [1.29, 1.82) is 0 Å². The Morgan fingerprint density at radius 1 is 1.17 bits per heavy atom. The van der Waals surface area contributed by atoms with Crippen LogP contribution in [0.5, 0.6) is 5.75 Å². The number of hydrogen-bond acceptors (Lipinski definition) is 5. The van der Waals surface area contributed by atoms with Crippen LogP contribution in [-0.4, -0.2) is 27.6 Å². The molecule has 7 nitrogen and oxygen atoms in total. The number of nitrogens with one attached hydrogen (secondary N) is 1. The van der Waals surface area contributed by atoms with Gasteiger partial charge in [0.1, 0.15) is 23.5 Å². The maximum atomic E-state index is 11.6. The van der Waals surface area contributed by atoms with Gasteiger partial charge in [-0.1, -0.05) is 30.8 Å². The van der Waals surface area contributed by atoms with Crippen molar-refractivity contribution < 1.29 is 9.53 Å². The lowest BCUT2D eigenvalue weighted by molar-refractivity contribution is -0.111. The number of benzene rings is 2. The number of fused-ring (bicyclic) bond motifs is 1. The molecule has 0 spiro atoms. The Labute approximate surface area is 173 Å². The molecular weight excluding hydrogens is 378 g/mol. The maximum absolute atomic E-state index is 11.6. The Kier molecular flexibility index (Phi) is 4.93. The zero-order chi connectivity index (χ0) is 21.3. The van der Waals surface area contributed by atoms with Crippen LogP contribution in [0.4, 0.5) is 11.5 Å². The molecule has 30 heavy (non-hydrogen) atoms. The molecule has 4 rings (SSSR count). The minimum Gasteiger partial charge on any atom is -0.497 e. The van der Waals surface area contributed by atoms with Crippen LogP contribution in [0.3, 0.4) is 0 Å². The Morgan fingerprint density at radius 2 is 1.93 bits per heavy atom. The molecule has 0 radical (unpaired) electrons. The van der Waals surface area contributed by atoms with Gasteiger partial charge in [-0.25, -0.2) is 9.97 Å². The molecule has 150 valence electrons. The van der Waals surface area contributed by atoms with Crippen molar-refractivity contribution >= 4 is 28.4 Å². The monoisotopic (exact) mass is 399 g/mol. The summed E-state index contributed by atoms with van der Waals surface area (Å²) in [4.78, 5) is 20.2. The van der Waals surface area contributed by atoms with Crippen LogP contribution in [0.2, 0.25) is 0 Å². The summed E-state index contributed by atoms with van der Waals surface area (Å²) in [6.45, 7) is 3.48. The van der Waals surface area contributed by atoms with Gasteiger partial charge >= 0.3 is 0 Å². The maximum Gasteiger partial charge on any atom is 0.247 e. The van der Waals surface area contributed by atoms with Gasteiger partial charge in [0.25, 0.3) is 0 Å². The van der Waals surface area contributed by atoms with E-state index in [2.05, 4.69) is 21.9 Å². The molecular formula is C23H21N5O2. The van der Waals surface area contributed by atoms with Crippen molar-refractivity contribution in [1.82, 2.24) is 14.5 Å². The van der Waals surface area contributed by atoms with Gasteiger partial charge in [-0.3, -0.25) is 4.79 Å². The van der Waals surface area contributed by atoms with Gasteiger partial charge in [-0.15, -0.1) is 0 Å². The third-order valence-corrected chi connectivity index (χ3v) is 4.97. The van der Waals surface area contributed by atoms with Crippen molar-refractivity contribution in [2.45, 2.75) is 0 Å². The molecule has 0 atom stereocenters. The molecule has 3 N–H and O–H groups in total. The quantitative estimate of drug-likeness (QED) is 0.494. The van der Waals surface area contributed by atoms with Gasteiger partial charge in [0.15, 0.2) is 0 Å². The second-order valence-corrected chi connectivity index (χ2v) is 6.74. The van der Waals surface area contributed by atoms with Crippen LogP contribution < -0.4 is 15.8 Å². The fourth-order valence-electron chi connectivity index (χ4n) is 3.58. The summed E-state index contributed by atoms with van der Waals surface area (Å²) in [5.41, 5.74) is 11.4. The van der Waals surface area contributed by atoms with E-state index in [-0.39, 0.29) is 5.91 Å². The molecule has 0 saturated heterocycles. The molecule has 7 heteroatoms. The topological polar surface area (TPSA) is 95.1 Å². The Bertz CT molecular complexity index is 1260. The van der Waals surface area contributed by atoms with Gasteiger partial charge in [0.2, 0.25) is 5.91 Å². The average Bonchev–Trinajstić information content (AvgIpc) is 3.08. The van der Waals surface area contributed by atoms with Crippen LogP contribution in [0.15, 0.2) is 67.5 Å². The van der Waals surface area contributed by atoms with Crippen LogP contribution in [0.25, 0.3) is 33.4 Å². The molecule has 0 aliphatic rings. The van der Waals surface area contributed by atoms with Crippen LogP contribution in [0.1, 0.15) is 0 Å². The molecule has 0 aliphatic carbocycles. The zero-order valence-corrected chi connectivity index (χ0v) is 16.7. The molecule has 2 heterocycles. The van der Waals surface area contributed by atoms with Gasteiger partial charge in [-0.05, 0) is 41.5 Å². The number of aromatic nitrogens is 3. The van der Waals surface area contributed by atoms with Gasteiger partial charge in [0, 0.05) is 18.3 Å². The van der Waals surface area contributed by atoms with E-state index in [9.17, 15) is 4.79 Å². The summed E-state index contributed by atoms with van der Waals surface area (Å²) in [6.07, 6.45) is 2.70. The minimum absolute atomic E-state index is 0.257. The highest BCUT2D eigenvalue weighted by atomic mass is 16.5. The van der Waals surface area contributed by atoms with Gasteiger partial charge in [0.05, 0.1) is 18.2 Å². The van der Waals surface area contributed by atoms with E-state index in [0.717, 1.165) is 39.2 Å². The first-order valence-corrected chi connectivity index (χ1v) is 9.30. The van der Waals surface area contributed by atoms with E-state index in [1.54, 1.807) is 7.11 Å². The Hall–Kier alpha value is -4.13. The third-order valence-electron chi connectivity index (χ3n) is 4.97. The first-order valence-electron chi connectivity index (χ1n) is 9.30. The van der Waals surface area contributed by atoms with Crippen molar-refractivity contribution in [3.63, 3.8) is 0 Å². The molecule has 0 unspecified atom stereocenters. The predicted octanol–water partition coefficient (Wildman–Crippen LogP) is 4.02. The molecule has 0 fully saturated rings. The summed E-state index contributed by atoms with van der Waals surface area (Å²) >= 11 is 0. The van der Waals surface area contributed by atoms with Crippen LogP contribution in [-0.2, 0) is 11.8 Å². The number of amides is 1. The second kappa shape index (κ2) is 7.71. The number of rotatable bonds is 5. The number of nitrogen functional groups attached to an aromatic ring is 1. The van der Waals surface area contributed by atoms with Gasteiger partial charge in [-0.2, -0.15) is 0 Å². The molecule has 1 amide bonds. The largest absolute Gasteiger partial charge is 0.497 e. The lowest BCUT2D eigenvalue weighted by Crippen LogP contribution is -2.06. The summed E-state index contributed by atoms with van der Waals surface area (Å²) in [7, 11) is 3.58. The highest BCUT2D eigenvalue weighted by molar-refractivity contribution is 6.08. The second-order valence-electron chi connectivity index (χ2n) is 6.74. The van der Waals surface area contributed by atoms with Crippen molar-refractivity contribution in [3.8, 4) is 28.1 Å². The molecule has 4 aromatic rings. The normalized spacial score (nSPS) is 10.7. The fraction of sp³-hybridized carbons (Fsp3) is 0.0870. The zero-order valence-electron chi connectivity index (χ0n) is 16.7. The number of aryl methyl sites for hydroxylation is 1. The van der Waals surface area contributed by atoms with Crippen molar-refractivity contribution in [2.75, 3.05) is 18.2 Å². The average molecular weight is 399 g/mol. The van der Waals surface area contributed by atoms with E-state index >= 15 is 0 Å². The first kappa shape index (κ1) is 19.2. The standard InChI is InChI=1S/C23H21N5O2/c1-4-18(29)27-16-10-8-14(9-11-16)21-19(15-6-5-7-17(12-15)30-3)20-22(24)25-13-26-23(20)28(21)2/h4-13H,1H2,2-3H3,(H,27,29)(H2,24,25,26). The Balaban J connectivity index is 1.95. The number of nitrogens with two attached hydrogens (primary N) is 1. The first-order chi connectivity index (χ1) is 14.5. The number of ether oxygens (including phenoxy) is 1. The van der Waals surface area contributed by atoms with E-state index in [0.29, 0.717) is 11.5 Å². The summed E-state index contributed by atoms with van der Waals surface area (Å²) in [5.74, 6) is 0.898. The molecule has 2 aromatic carbocycles. The number of anilines is 2. The smallest absolute Gasteiger partial charge is 0.247 e. The highest BCUT2D eigenvalue weighted by Gasteiger charge is 2.22. The van der Waals surface area contributed by atoms with E-state index < -0.39 is 0 Å². The summed E-state index contributed by atoms with van der Waals surface area (Å²) in [6, 6.07) is 15.4. The highest BCUT2D eigenvalue weighted by Crippen LogP contribution is 2.42. The Morgan fingerprint density at radius 3 is 2.63 bits per heavy atom. The number of carbonyl (C=O) groups is 1. The lowest BCUT2D eigenvalue weighted by Gasteiger charge is -2.11. The fourth-order valence-corrected chi connectivity index (χ4v) is 3.58. The lowest BCUT2D eigenvalue weighted by atomic mass is 9.98. The SMILES string of the molecule is C=CC(=O)Nc1ccc(-c2c(-c3cccc(OC)c3)c3c(N)ncnc3n2C)cc1. The number of nitrogens with zero attached hydrogens (tertiary/aromatic N) is 3. The minimum atomic E-state index is -0.257. The van der Waals surface area contributed by atoms with E-state index in [1.165, 1.54) is 12.4 Å².